The third-order valence-corrected chi connectivity index (χ3v) is 6.63. The van der Waals surface area contributed by atoms with Crippen LogP contribution in [0.4, 0.5) is 0 Å². The molecule has 0 saturated heterocycles. The molecule has 0 aromatic carbocycles. The summed E-state index contributed by atoms with van der Waals surface area (Å²) in [6.45, 7) is 4.36. The van der Waals surface area contributed by atoms with Gasteiger partial charge in [-0.15, -0.1) is 0 Å². The number of carbonyl (C=O) groups is 1. The second-order valence-electron chi connectivity index (χ2n) is 10.4. The molecule has 0 rings (SSSR count). The van der Waals surface area contributed by atoms with Crippen LogP contribution in [-0.4, -0.2) is 68.5 Å². The fourth-order valence-corrected chi connectivity index (χ4v) is 4.06. The van der Waals surface area contributed by atoms with Crippen LogP contribution in [0.2, 0.25) is 0 Å². The number of quaternary nitrogens is 1. The molecule has 2 N–H and O–H groups in total. The van der Waals surface area contributed by atoms with Crippen molar-refractivity contribution < 1.29 is 32.9 Å². The lowest BCUT2D eigenvalue weighted by Gasteiger charge is -2.29. The third-order valence-electron chi connectivity index (χ3n) is 5.66. The van der Waals surface area contributed by atoms with E-state index in [2.05, 4.69) is 31.3 Å². The SMILES string of the molecule is CCCCCCC/C=C/CC/C=C/C(O)C(COP(=O)([O-])OCC[N+](C)(C)C)NC(=O)CCCCC. The van der Waals surface area contributed by atoms with Gasteiger partial charge >= 0.3 is 0 Å². The van der Waals surface area contributed by atoms with Crippen molar-refractivity contribution in [1.29, 1.82) is 0 Å². The second kappa shape index (κ2) is 21.0. The summed E-state index contributed by atoms with van der Waals surface area (Å²) in [6.07, 6.45) is 18.7. The first-order valence-corrected chi connectivity index (χ1v) is 15.2. The standard InChI is InChI=1S/C27H53N2O6P/c1-6-8-10-11-12-13-14-15-16-17-19-20-26(30)25(28-27(31)21-18-9-7-2)24-35-36(32,33)34-23-22-29(3,4)5/h14-15,19-20,25-26,30H,6-13,16-18,21-24H2,1-5H3,(H-,28,31,32,33)/b15-14+,20-19+. The first kappa shape index (κ1) is 35.0. The highest BCUT2D eigenvalue weighted by Gasteiger charge is 2.23. The highest BCUT2D eigenvalue weighted by atomic mass is 31.2. The van der Waals surface area contributed by atoms with E-state index in [0.717, 1.165) is 38.5 Å². The van der Waals surface area contributed by atoms with Gasteiger partial charge in [0.25, 0.3) is 7.82 Å². The van der Waals surface area contributed by atoms with E-state index in [1.165, 1.54) is 32.1 Å². The molecule has 0 fully saturated rings. The average Bonchev–Trinajstić information content (AvgIpc) is 2.79. The maximum atomic E-state index is 12.3. The Morgan fingerprint density at radius 1 is 0.944 bits per heavy atom. The van der Waals surface area contributed by atoms with Crippen molar-refractivity contribution in [1.82, 2.24) is 5.32 Å². The molecule has 0 spiro atoms. The number of unbranched alkanes of at least 4 members (excludes halogenated alkanes) is 8. The third kappa shape index (κ3) is 22.2. The predicted molar refractivity (Wildman–Crippen MR) is 145 cm³/mol. The summed E-state index contributed by atoms with van der Waals surface area (Å²) in [5, 5.41) is 13.3. The van der Waals surface area contributed by atoms with Gasteiger partial charge in [0.15, 0.2) is 0 Å². The van der Waals surface area contributed by atoms with E-state index in [4.69, 9.17) is 9.05 Å². The minimum Gasteiger partial charge on any atom is -0.756 e. The molecular weight excluding hydrogens is 479 g/mol. The Morgan fingerprint density at radius 3 is 2.22 bits per heavy atom. The molecule has 212 valence electrons. The van der Waals surface area contributed by atoms with Crippen molar-refractivity contribution in [3.05, 3.63) is 24.3 Å². The summed E-state index contributed by atoms with van der Waals surface area (Å²) in [5.74, 6) is -0.238. The van der Waals surface area contributed by atoms with Gasteiger partial charge in [0.05, 0.1) is 39.9 Å². The van der Waals surface area contributed by atoms with Crippen LogP contribution in [0.1, 0.15) is 90.9 Å². The van der Waals surface area contributed by atoms with Crippen molar-refractivity contribution in [3.63, 3.8) is 0 Å². The van der Waals surface area contributed by atoms with Crippen LogP contribution < -0.4 is 10.2 Å². The Hall–Kier alpha value is -1.02. The zero-order valence-electron chi connectivity index (χ0n) is 23.5. The molecule has 0 aliphatic rings. The number of likely N-dealkylation sites (N-methyl/N-ethyl adjacent to an activating group) is 1. The lowest BCUT2D eigenvalue weighted by atomic mass is 10.1. The molecule has 0 saturated carbocycles. The van der Waals surface area contributed by atoms with Gasteiger partial charge in [-0.25, -0.2) is 0 Å². The molecule has 0 aromatic rings. The largest absolute Gasteiger partial charge is 0.756 e. The van der Waals surface area contributed by atoms with Crippen LogP contribution in [0.25, 0.3) is 0 Å². The Balaban J connectivity index is 4.69. The number of nitrogens with one attached hydrogen (secondary N) is 1. The number of carbonyl (C=O) groups excluding carboxylic acids is 1. The van der Waals surface area contributed by atoms with Gasteiger partial charge < -0.3 is 28.8 Å². The molecule has 0 aliphatic carbocycles. The van der Waals surface area contributed by atoms with Crippen molar-refractivity contribution >= 4 is 13.7 Å². The molecule has 0 aromatic heterocycles. The lowest BCUT2D eigenvalue weighted by molar-refractivity contribution is -0.870. The van der Waals surface area contributed by atoms with E-state index in [1.807, 2.05) is 27.2 Å². The minimum absolute atomic E-state index is 0.00691. The first-order chi connectivity index (χ1) is 17.0. The molecule has 0 radical (unpaired) electrons. The number of hydrogen-bond acceptors (Lipinski definition) is 6. The number of phosphoric ester groups is 1. The fourth-order valence-electron chi connectivity index (χ4n) is 3.34. The van der Waals surface area contributed by atoms with Gasteiger partial charge in [-0.05, 0) is 32.1 Å². The summed E-state index contributed by atoms with van der Waals surface area (Å²) < 4.78 is 22.7. The lowest BCUT2D eigenvalue weighted by Crippen LogP contribution is -2.45. The number of hydrogen-bond donors (Lipinski definition) is 2. The fraction of sp³-hybridized carbons (Fsp3) is 0.815. The van der Waals surface area contributed by atoms with Gasteiger partial charge in [0.2, 0.25) is 5.91 Å². The molecule has 36 heavy (non-hydrogen) atoms. The Labute approximate surface area is 220 Å². The summed E-state index contributed by atoms with van der Waals surface area (Å²) in [7, 11) is 1.23. The highest BCUT2D eigenvalue weighted by Crippen LogP contribution is 2.38. The van der Waals surface area contributed by atoms with E-state index in [-0.39, 0.29) is 12.5 Å². The van der Waals surface area contributed by atoms with E-state index in [0.29, 0.717) is 17.4 Å². The summed E-state index contributed by atoms with van der Waals surface area (Å²) >= 11 is 0. The summed E-state index contributed by atoms with van der Waals surface area (Å²) in [5.41, 5.74) is 0. The minimum atomic E-state index is -4.55. The smallest absolute Gasteiger partial charge is 0.268 e. The quantitative estimate of drug-likeness (QED) is 0.0841. The number of aliphatic hydroxyl groups excluding tert-OH is 1. The zero-order chi connectivity index (χ0) is 27.3. The first-order valence-electron chi connectivity index (χ1n) is 13.7. The molecule has 0 heterocycles. The Bertz CT molecular complexity index is 663. The van der Waals surface area contributed by atoms with Crippen molar-refractivity contribution in [3.8, 4) is 0 Å². The Kier molecular flexibility index (Phi) is 20.4. The topological polar surface area (TPSA) is 108 Å². The average molecular weight is 533 g/mol. The monoisotopic (exact) mass is 532 g/mol. The van der Waals surface area contributed by atoms with E-state index < -0.39 is 26.6 Å². The zero-order valence-corrected chi connectivity index (χ0v) is 24.3. The number of nitrogens with zero attached hydrogens (tertiary/aromatic N) is 1. The van der Waals surface area contributed by atoms with Gasteiger partial charge in [-0.2, -0.15) is 0 Å². The molecule has 1 amide bonds. The van der Waals surface area contributed by atoms with Crippen molar-refractivity contribution in [2.45, 2.75) is 103 Å². The number of rotatable bonds is 23. The molecule has 9 heteroatoms. The van der Waals surface area contributed by atoms with Gasteiger partial charge in [0.1, 0.15) is 13.2 Å². The van der Waals surface area contributed by atoms with Crippen molar-refractivity contribution in [2.75, 3.05) is 40.9 Å². The van der Waals surface area contributed by atoms with E-state index in [1.54, 1.807) is 6.08 Å². The van der Waals surface area contributed by atoms with Crippen LogP contribution in [0.15, 0.2) is 24.3 Å². The summed E-state index contributed by atoms with van der Waals surface area (Å²) in [6, 6.07) is -0.890. The van der Waals surface area contributed by atoms with Crippen LogP contribution >= 0.6 is 7.82 Å². The number of aliphatic hydroxyl groups is 1. The molecule has 0 aliphatic heterocycles. The molecule has 8 nitrogen and oxygen atoms in total. The molecule has 3 unspecified atom stereocenters. The maximum absolute atomic E-state index is 12.3. The van der Waals surface area contributed by atoms with Crippen LogP contribution in [0, 0.1) is 0 Å². The number of allylic oxidation sites excluding steroid dienone is 3. The predicted octanol–water partition coefficient (Wildman–Crippen LogP) is 4.87. The molecule has 3 atom stereocenters. The number of phosphoric acid groups is 1. The van der Waals surface area contributed by atoms with Gasteiger partial charge in [0, 0.05) is 6.42 Å². The normalized spacial score (nSPS) is 15.9. The highest BCUT2D eigenvalue weighted by molar-refractivity contribution is 7.45. The molecular formula is C27H53N2O6P. The van der Waals surface area contributed by atoms with Gasteiger partial charge in [-0.1, -0.05) is 76.7 Å². The number of amides is 1. The maximum Gasteiger partial charge on any atom is 0.268 e. The van der Waals surface area contributed by atoms with Crippen molar-refractivity contribution in [2.24, 2.45) is 0 Å². The van der Waals surface area contributed by atoms with Crippen LogP contribution in [0.3, 0.4) is 0 Å². The van der Waals surface area contributed by atoms with Crippen LogP contribution in [0.5, 0.6) is 0 Å². The van der Waals surface area contributed by atoms with E-state index in [9.17, 15) is 19.4 Å². The van der Waals surface area contributed by atoms with Crippen LogP contribution in [-0.2, 0) is 18.4 Å². The van der Waals surface area contributed by atoms with E-state index >= 15 is 0 Å². The Morgan fingerprint density at radius 2 is 1.56 bits per heavy atom. The molecule has 0 bridgehead atoms. The second-order valence-corrected chi connectivity index (χ2v) is 11.8. The summed E-state index contributed by atoms with van der Waals surface area (Å²) in [4.78, 5) is 24.5. The van der Waals surface area contributed by atoms with Gasteiger partial charge in [-0.3, -0.25) is 9.36 Å².